The summed E-state index contributed by atoms with van der Waals surface area (Å²) in [5, 5.41) is 13.0. The quantitative estimate of drug-likeness (QED) is 0.551. The minimum Gasteiger partial charge on any atom is -0.309 e. The summed E-state index contributed by atoms with van der Waals surface area (Å²) in [7, 11) is 0. The Bertz CT molecular complexity index is 1060. The molecule has 1 aliphatic rings. The number of aromatic nitrogens is 4. The van der Waals surface area contributed by atoms with Crippen molar-refractivity contribution >= 4 is 55.7 Å². The van der Waals surface area contributed by atoms with E-state index >= 15 is 0 Å². The molecule has 7 nitrogen and oxygen atoms in total. The number of nitrogens with one attached hydrogen (secondary N) is 2. The molecule has 0 spiro atoms. The highest BCUT2D eigenvalue weighted by atomic mass is 32.2. The van der Waals surface area contributed by atoms with Crippen LogP contribution in [0.1, 0.15) is 47.5 Å². The lowest BCUT2D eigenvalue weighted by Crippen LogP contribution is -2.13. The molecule has 1 aliphatic carbocycles. The van der Waals surface area contributed by atoms with Gasteiger partial charge in [-0.15, -0.1) is 21.5 Å². The molecule has 0 fully saturated rings. The fraction of sp³-hybridized carbons (Fsp3) is 0.500. The van der Waals surface area contributed by atoms with Crippen LogP contribution in [0.5, 0.6) is 0 Å². The molecule has 0 radical (unpaired) electrons. The van der Waals surface area contributed by atoms with Gasteiger partial charge in [0.15, 0.2) is 0 Å². The largest absolute Gasteiger partial charge is 0.309 e. The Hall–Kier alpha value is -1.78. The highest BCUT2D eigenvalue weighted by Crippen LogP contribution is 2.33. The van der Waals surface area contributed by atoms with Crippen molar-refractivity contribution in [1.82, 2.24) is 20.2 Å². The number of aryl methyl sites for hydroxylation is 3. The Morgan fingerprint density at radius 2 is 2.11 bits per heavy atom. The number of carbonyl (C=O) groups is 1. The zero-order valence-corrected chi connectivity index (χ0v) is 18.0. The van der Waals surface area contributed by atoms with Gasteiger partial charge in [-0.1, -0.05) is 18.3 Å². The summed E-state index contributed by atoms with van der Waals surface area (Å²) in [5.41, 5.74) is 1.18. The van der Waals surface area contributed by atoms with Gasteiger partial charge in [0.1, 0.15) is 15.7 Å². The summed E-state index contributed by atoms with van der Waals surface area (Å²) in [6.07, 6.45) is 5.58. The van der Waals surface area contributed by atoms with Gasteiger partial charge in [0.2, 0.25) is 11.0 Å². The van der Waals surface area contributed by atoms with E-state index in [9.17, 15) is 9.59 Å². The first-order valence-corrected chi connectivity index (χ1v) is 12.2. The molecule has 0 aromatic carbocycles. The van der Waals surface area contributed by atoms with Crippen LogP contribution in [0.3, 0.4) is 0 Å². The average molecular weight is 436 g/mol. The first-order valence-electron chi connectivity index (χ1n) is 9.37. The number of rotatable bonds is 7. The Morgan fingerprint density at radius 3 is 2.93 bits per heavy atom. The number of thiophene rings is 1. The Labute approximate surface area is 174 Å². The van der Waals surface area contributed by atoms with E-state index < -0.39 is 0 Å². The predicted octanol–water partition coefficient (Wildman–Crippen LogP) is 3.54. The lowest BCUT2D eigenvalue weighted by molar-refractivity contribution is -0.115. The molecule has 28 heavy (non-hydrogen) atoms. The summed E-state index contributed by atoms with van der Waals surface area (Å²) in [4.78, 5) is 34.3. The standard InChI is InChI=1S/C18H21N5O2S3/c1-2-14-22-23-18(28-14)21-13(24)7-8-26-9-12-19-16(25)15-10-5-3-4-6-11(10)27-17(15)20-12/h2-9H2,1H3,(H,19,20,25)(H,21,23,24). The zero-order valence-electron chi connectivity index (χ0n) is 15.5. The molecule has 3 aromatic rings. The highest BCUT2D eigenvalue weighted by molar-refractivity contribution is 7.98. The topological polar surface area (TPSA) is 101 Å². The minimum absolute atomic E-state index is 0.0271. The monoisotopic (exact) mass is 435 g/mol. The predicted molar refractivity (Wildman–Crippen MR) is 116 cm³/mol. The van der Waals surface area contributed by atoms with E-state index in [0.717, 1.165) is 40.9 Å². The second kappa shape index (κ2) is 8.71. The molecule has 3 heterocycles. The number of carbonyl (C=O) groups excluding carboxylic acids is 1. The van der Waals surface area contributed by atoms with Crippen LogP contribution in [0.25, 0.3) is 10.2 Å². The van der Waals surface area contributed by atoms with Crippen LogP contribution in [0.15, 0.2) is 4.79 Å². The van der Waals surface area contributed by atoms with Gasteiger partial charge in [0, 0.05) is 17.1 Å². The summed E-state index contributed by atoms with van der Waals surface area (Å²) in [6, 6.07) is 0. The van der Waals surface area contributed by atoms with Gasteiger partial charge in [0.25, 0.3) is 5.56 Å². The number of amides is 1. The molecule has 0 bridgehead atoms. The fourth-order valence-electron chi connectivity index (χ4n) is 3.24. The molecule has 10 heteroatoms. The molecule has 0 saturated carbocycles. The van der Waals surface area contributed by atoms with Crippen LogP contribution in [-0.4, -0.2) is 31.8 Å². The normalized spacial score (nSPS) is 13.6. The highest BCUT2D eigenvalue weighted by Gasteiger charge is 2.19. The summed E-state index contributed by atoms with van der Waals surface area (Å²) >= 11 is 4.65. The number of hydrogen-bond donors (Lipinski definition) is 2. The molecule has 1 amide bonds. The van der Waals surface area contributed by atoms with Crippen LogP contribution >= 0.6 is 34.4 Å². The van der Waals surface area contributed by atoms with Gasteiger partial charge in [-0.25, -0.2) is 4.98 Å². The van der Waals surface area contributed by atoms with Crippen LogP contribution in [0, 0.1) is 0 Å². The van der Waals surface area contributed by atoms with Crippen LogP contribution in [-0.2, 0) is 29.8 Å². The summed E-state index contributed by atoms with van der Waals surface area (Å²) < 4.78 is 0. The van der Waals surface area contributed by atoms with Crippen LogP contribution < -0.4 is 10.9 Å². The molecule has 3 aromatic heterocycles. The van der Waals surface area contributed by atoms with Crippen molar-refractivity contribution in [3.8, 4) is 0 Å². The van der Waals surface area contributed by atoms with E-state index in [1.165, 1.54) is 28.2 Å². The molecule has 0 atom stereocenters. The van der Waals surface area contributed by atoms with E-state index in [-0.39, 0.29) is 11.5 Å². The molecule has 4 rings (SSSR count). The number of nitrogens with zero attached hydrogens (tertiary/aromatic N) is 3. The van der Waals surface area contributed by atoms with Gasteiger partial charge < -0.3 is 10.3 Å². The Kier molecular flexibility index (Phi) is 6.07. The van der Waals surface area contributed by atoms with E-state index in [2.05, 4.69) is 25.5 Å². The lowest BCUT2D eigenvalue weighted by Gasteiger charge is -2.09. The van der Waals surface area contributed by atoms with Crippen molar-refractivity contribution in [3.05, 3.63) is 31.6 Å². The lowest BCUT2D eigenvalue weighted by atomic mass is 9.97. The van der Waals surface area contributed by atoms with E-state index in [0.29, 0.717) is 28.9 Å². The molecular weight excluding hydrogens is 414 g/mol. The van der Waals surface area contributed by atoms with Crippen LogP contribution in [0.4, 0.5) is 5.13 Å². The van der Waals surface area contributed by atoms with E-state index in [1.54, 1.807) is 23.1 Å². The molecule has 0 saturated heterocycles. The summed E-state index contributed by atoms with van der Waals surface area (Å²) in [5.74, 6) is 1.83. The van der Waals surface area contributed by atoms with Crippen molar-refractivity contribution in [2.75, 3.05) is 11.1 Å². The van der Waals surface area contributed by atoms with Crippen molar-refractivity contribution in [3.63, 3.8) is 0 Å². The van der Waals surface area contributed by atoms with Gasteiger partial charge >= 0.3 is 0 Å². The molecule has 0 unspecified atom stereocenters. The van der Waals surface area contributed by atoms with Crippen LogP contribution in [0.2, 0.25) is 0 Å². The van der Waals surface area contributed by atoms with Gasteiger partial charge in [0.05, 0.1) is 11.1 Å². The van der Waals surface area contributed by atoms with Crippen molar-refractivity contribution in [2.45, 2.75) is 51.2 Å². The fourth-order valence-corrected chi connectivity index (χ4v) is 6.02. The first-order chi connectivity index (χ1) is 13.6. The molecular formula is C18H21N5O2S3. The first kappa shape index (κ1) is 19.5. The van der Waals surface area contributed by atoms with E-state index in [4.69, 9.17) is 0 Å². The molecule has 0 aliphatic heterocycles. The summed E-state index contributed by atoms with van der Waals surface area (Å²) in [6.45, 7) is 2.00. The number of thioether (sulfide) groups is 1. The molecule has 2 N–H and O–H groups in total. The maximum atomic E-state index is 12.5. The molecule has 148 valence electrons. The maximum Gasteiger partial charge on any atom is 0.259 e. The number of hydrogen-bond acceptors (Lipinski definition) is 8. The van der Waals surface area contributed by atoms with E-state index in [1.807, 2.05) is 6.92 Å². The third-order valence-electron chi connectivity index (χ3n) is 4.60. The average Bonchev–Trinajstić information content (AvgIpc) is 3.29. The van der Waals surface area contributed by atoms with Crippen molar-refractivity contribution in [2.24, 2.45) is 0 Å². The SMILES string of the molecule is CCc1nnc(NC(=O)CCSCc2nc3sc4c(c3c(=O)[nH]2)CCCC4)s1. The Balaban J connectivity index is 1.32. The number of aromatic amines is 1. The second-order valence-electron chi connectivity index (χ2n) is 6.61. The number of H-pyrrole nitrogens is 1. The van der Waals surface area contributed by atoms with Crippen molar-refractivity contribution in [1.29, 1.82) is 0 Å². The second-order valence-corrected chi connectivity index (χ2v) is 9.86. The Morgan fingerprint density at radius 1 is 1.25 bits per heavy atom. The van der Waals surface area contributed by atoms with Gasteiger partial charge in [-0.3, -0.25) is 9.59 Å². The number of anilines is 1. The minimum atomic E-state index is -0.0749. The van der Waals surface area contributed by atoms with Gasteiger partial charge in [-0.05, 0) is 37.7 Å². The van der Waals surface area contributed by atoms with Gasteiger partial charge in [-0.2, -0.15) is 11.8 Å². The smallest absolute Gasteiger partial charge is 0.259 e. The third-order valence-corrected chi connectivity index (χ3v) is 7.74. The number of fused-ring (bicyclic) bond motifs is 3. The zero-order chi connectivity index (χ0) is 19.5. The third kappa shape index (κ3) is 4.28. The van der Waals surface area contributed by atoms with Crippen molar-refractivity contribution < 1.29 is 4.79 Å². The maximum absolute atomic E-state index is 12.5.